The molecule has 0 saturated heterocycles. The molecule has 0 spiro atoms. The van der Waals surface area contributed by atoms with Gasteiger partial charge in [-0.05, 0) is 24.6 Å². The zero-order valence-corrected chi connectivity index (χ0v) is 11.0. The maximum Gasteiger partial charge on any atom is 0.251 e. The minimum Gasteiger partial charge on any atom is -0.481 e. The van der Waals surface area contributed by atoms with Gasteiger partial charge in [0.2, 0.25) is 5.88 Å². The van der Waals surface area contributed by atoms with Gasteiger partial charge in [0.05, 0.1) is 7.11 Å². The molecular weight excluding hydrogens is 240 g/mol. The van der Waals surface area contributed by atoms with Crippen LogP contribution >= 0.6 is 0 Å². The van der Waals surface area contributed by atoms with Crippen molar-refractivity contribution in [1.82, 2.24) is 10.3 Å². The van der Waals surface area contributed by atoms with Crippen LogP contribution in [-0.4, -0.2) is 18.0 Å². The number of hydrogen-bond donors (Lipinski definition) is 1. The summed E-state index contributed by atoms with van der Waals surface area (Å²) >= 11 is 0. The molecular formula is C15H16N2O2. The highest BCUT2D eigenvalue weighted by molar-refractivity contribution is 5.94. The van der Waals surface area contributed by atoms with E-state index in [0.717, 1.165) is 11.1 Å². The van der Waals surface area contributed by atoms with E-state index in [1.165, 1.54) is 0 Å². The molecule has 1 aromatic carbocycles. The molecule has 0 radical (unpaired) electrons. The summed E-state index contributed by atoms with van der Waals surface area (Å²) in [5.74, 6) is 0.476. The highest BCUT2D eigenvalue weighted by Crippen LogP contribution is 2.07. The number of aromatic nitrogens is 1. The second kappa shape index (κ2) is 6.00. The molecule has 98 valence electrons. The van der Waals surface area contributed by atoms with Gasteiger partial charge < -0.3 is 10.1 Å². The van der Waals surface area contributed by atoms with E-state index in [9.17, 15) is 4.79 Å². The number of amides is 1. The minimum atomic E-state index is -0.0872. The van der Waals surface area contributed by atoms with E-state index < -0.39 is 0 Å². The Hall–Kier alpha value is -2.36. The highest BCUT2D eigenvalue weighted by atomic mass is 16.5. The lowest BCUT2D eigenvalue weighted by atomic mass is 10.1. The number of carbonyl (C=O) groups is 1. The first-order valence-corrected chi connectivity index (χ1v) is 6.03. The number of carbonyl (C=O) groups excluding carboxylic acids is 1. The summed E-state index contributed by atoms with van der Waals surface area (Å²) in [6.07, 6.45) is 1.69. The third-order valence-electron chi connectivity index (χ3n) is 2.77. The summed E-state index contributed by atoms with van der Waals surface area (Å²) < 4.78 is 4.98. The molecule has 4 nitrogen and oxygen atoms in total. The molecule has 0 atom stereocenters. The van der Waals surface area contributed by atoms with Crippen LogP contribution in [0.5, 0.6) is 5.88 Å². The number of nitrogens with one attached hydrogen (secondary N) is 1. The maximum atomic E-state index is 11.9. The summed E-state index contributed by atoms with van der Waals surface area (Å²) in [7, 11) is 1.57. The van der Waals surface area contributed by atoms with Gasteiger partial charge in [0, 0.05) is 24.4 Å². The second-order valence-corrected chi connectivity index (χ2v) is 4.26. The monoisotopic (exact) mass is 256 g/mol. The molecule has 1 aromatic heterocycles. The van der Waals surface area contributed by atoms with Crippen molar-refractivity contribution in [2.45, 2.75) is 13.5 Å². The molecule has 2 aromatic rings. The molecule has 0 saturated carbocycles. The molecule has 0 aliphatic rings. The average molecular weight is 256 g/mol. The number of benzene rings is 1. The van der Waals surface area contributed by atoms with E-state index in [4.69, 9.17) is 4.74 Å². The van der Waals surface area contributed by atoms with Crippen molar-refractivity contribution in [1.29, 1.82) is 0 Å². The van der Waals surface area contributed by atoms with Gasteiger partial charge in [-0.15, -0.1) is 0 Å². The van der Waals surface area contributed by atoms with Crippen molar-refractivity contribution in [3.63, 3.8) is 0 Å². The predicted octanol–water partition coefficient (Wildman–Crippen LogP) is 2.33. The number of methoxy groups -OCH3 is 1. The number of hydrogen-bond acceptors (Lipinski definition) is 3. The van der Waals surface area contributed by atoms with Crippen LogP contribution in [0, 0.1) is 6.92 Å². The van der Waals surface area contributed by atoms with Crippen LogP contribution in [0.25, 0.3) is 0 Å². The summed E-state index contributed by atoms with van der Waals surface area (Å²) in [6.45, 7) is 2.44. The fourth-order valence-corrected chi connectivity index (χ4v) is 1.63. The molecule has 0 aliphatic heterocycles. The minimum absolute atomic E-state index is 0.0872. The molecule has 1 amide bonds. The molecule has 19 heavy (non-hydrogen) atoms. The van der Waals surface area contributed by atoms with E-state index in [1.807, 2.05) is 37.3 Å². The Morgan fingerprint density at radius 3 is 2.53 bits per heavy atom. The maximum absolute atomic E-state index is 11.9. The van der Waals surface area contributed by atoms with Crippen LogP contribution in [0.1, 0.15) is 21.5 Å². The molecule has 0 unspecified atom stereocenters. The van der Waals surface area contributed by atoms with E-state index in [1.54, 1.807) is 19.4 Å². The Balaban J connectivity index is 1.94. The number of ether oxygens (including phenoxy) is 1. The Bertz CT molecular complexity index is 547. The summed E-state index contributed by atoms with van der Waals surface area (Å²) in [5.41, 5.74) is 2.73. The Kier molecular flexibility index (Phi) is 4.13. The first kappa shape index (κ1) is 13.1. The highest BCUT2D eigenvalue weighted by Gasteiger charge is 2.04. The molecule has 2 rings (SSSR count). The number of pyridine rings is 1. The summed E-state index contributed by atoms with van der Waals surface area (Å²) in [4.78, 5) is 16.0. The van der Waals surface area contributed by atoms with Gasteiger partial charge in [0.25, 0.3) is 5.91 Å². The molecule has 1 heterocycles. The van der Waals surface area contributed by atoms with Gasteiger partial charge >= 0.3 is 0 Å². The fourth-order valence-electron chi connectivity index (χ4n) is 1.63. The van der Waals surface area contributed by atoms with E-state index in [0.29, 0.717) is 18.0 Å². The van der Waals surface area contributed by atoms with Crippen LogP contribution in [-0.2, 0) is 6.54 Å². The van der Waals surface area contributed by atoms with Gasteiger partial charge in [-0.3, -0.25) is 4.79 Å². The van der Waals surface area contributed by atoms with Crippen LogP contribution < -0.4 is 10.1 Å². The first-order valence-electron chi connectivity index (χ1n) is 6.03. The Morgan fingerprint density at radius 1 is 1.21 bits per heavy atom. The second-order valence-electron chi connectivity index (χ2n) is 4.26. The van der Waals surface area contributed by atoms with Gasteiger partial charge in [0.1, 0.15) is 0 Å². The summed E-state index contributed by atoms with van der Waals surface area (Å²) in [5, 5.41) is 2.85. The SMILES string of the molecule is COc1ccc(CNC(=O)c2ccc(C)cc2)cn1. The standard InChI is InChI=1S/C15H16N2O2/c1-11-3-6-13(7-4-11)15(18)17-10-12-5-8-14(19-2)16-9-12/h3-9H,10H2,1-2H3,(H,17,18). The number of aryl methyl sites for hydroxylation is 1. The van der Waals surface area contributed by atoms with Gasteiger partial charge in [0.15, 0.2) is 0 Å². The third-order valence-corrected chi connectivity index (χ3v) is 2.77. The average Bonchev–Trinajstić information content (AvgIpc) is 2.46. The zero-order valence-electron chi connectivity index (χ0n) is 11.0. The normalized spacial score (nSPS) is 10.0. The van der Waals surface area contributed by atoms with E-state index >= 15 is 0 Å². The van der Waals surface area contributed by atoms with Gasteiger partial charge in [-0.1, -0.05) is 23.8 Å². The van der Waals surface area contributed by atoms with E-state index in [-0.39, 0.29) is 5.91 Å². The van der Waals surface area contributed by atoms with Gasteiger partial charge in [-0.25, -0.2) is 4.98 Å². The molecule has 4 heteroatoms. The quantitative estimate of drug-likeness (QED) is 0.913. The first-order chi connectivity index (χ1) is 9.19. The molecule has 0 aliphatic carbocycles. The smallest absolute Gasteiger partial charge is 0.251 e. The van der Waals surface area contributed by atoms with Crippen LogP contribution in [0.2, 0.25) is 0 Å². The lowest BCUT2D eigenvalue weighted by molar-refractivity contribution is 0.0951. The topological polar surface area (TPSA) is 51.2 Å². The lowest BCUT2D eigenvalue weighted by Crippen LogP contribution is -2.22. The van der Waals surface area contributed by atoms with Crippen molar-refractivity contribution in [3.8, 4) is 5.88 Å². The van der Waals surface area contributed by atoms with Crippen molar-refractivity contribution >= 4 is 5.91 Å². The largest absolute Gasteiger partial charge is 0.481 e. The van der Waals surface area contributed by atoms with Crippen molar-refractivity contribution < 1.29 is 9.53 Å². The van der Waals surface area contributed by atoms with Gasteiger partial charge in [-0.2, -0.15) is 0 Å². The zero-order chi connectivity index (χ0) is 13.7. The summed E-state index contributed by atoms with van der Waals surface area (Å²) in [6, 6.07) is 11.1. The Labute approximate surface area is 112 Å². The predicted molar refractivity (Wildman–Crippen MR) is 73.1 cm³/mol. The Morgan fingerprint density at radius 2 is 1.95 bits per heavy atom. The van der Waals surface area contributed by atoms with Crippen LogP contribution in [0.3, 0.4) is 0 Å². The van der Waals surface area contributed by atoms with Crippen LogP contribution in [0.4, 0.5) is 0 Å². The van der Waals surface area contributed by atoms with Crippen LogP contribution in [0.15, 0.2) is 42.6 Å². The number of nitrogens with zero attached hydrogens (tertiary/aromatic N) is 1. The molecule has 0 fully saturated rings. The van der Waals surface area contributed by atoms with Crippen molar-refractivity contribution in [2.24, 2.45) is 0 Å². The van der Waals surface area contributed by atoms with E-state index in [2.05, 4.69) is 10.3 Å². The molecule has 1 N–H and O–H groups in total. The molecule has 0 bridgehead atoms. The van der Waals surface area contributed by atoms with Crippen molar-refractivity contribution in [3.05, 3.63) is 59.3 Å². The number of rotatable bonds is 4. The fraction of sp³-hybridized carbons (Fsp3) is 0.200. The lowest BCUT2D eigenvalue weighted by Gasteiger charge is -2.06. The third kappa shape index (κ3) is 3.55. The van der Waals surface area contributed by atoms with Crippen molar-refractivity contribution in [2.75, 3.05) is 7.11 Å².